The molecule has 0 aliphatic heterocycles. The second-order valence-electron chi connectivity index (χ2n) is 6.92. The lowest BCUT2D eigenvalue weighted by Gasteiger charge is -2.22. The molecule has 26 heavy (non-hydrogen) atoms. The first-order chi connectivity index (χ1) is 12.9. The van der Waals surface area contributed by atoms with Crippen LogP contribution in [0.1, 0.15) is 36.3 Å². The molecule has 1 aromatic carbocycles. The summed E-state index contributed by atoms with van der Waals surface area (Å²) >= 11 is 0. The van der Waals surface area contributed by atoms with Gasteiger partial charge in [-0.25, -0.2) is 4.98 Å². The number of hydrogen-bond acceptors (Lipinski definition) is 2. The maximum Gasteiger partial charge on any atom is 0.137 e. The number of nitrogens with zero attached hydrogens (tertiary/aromatic N) is 2. The first-order valence-electron chi connectivity index (χ1n) is 9.09. The molecule has 4 nitrogen and oxygen atoms in total. The minimum Gasteiger partial charge on any atom is -0.346 e. The van der Waals surface area contributed by atoms with Crippen LogP contribution in [0.25, 0.3) is 27.7 Å². The van der Waals surface area contributed by atoms with Gasteiger partial charge < -0.3 is 4.98 Å². The van der Waals surface area contributed by atoms with Crippen LogP contribution < -0.4 is 0 Å². The molecular formula is C22H20N4. The Morgan fingerprint density at radius 3 is 2.69 bits per heavy atom. The second-order valence-corrected chi connectivity index (χ2v) is 6.92. The standard InChI is InChI=1S/C22H20N4/c1-2-4-15(5-3-1)16-6-8-17(9-7-16)18-10-20-21(19-12-25-26-13-19)14-24-22(20)23-11-18/h1-5,8,10-14,16H,6-7,9H2,(H,23,24)(H,25,26). The smallest absolute Gasteiger partial charge is 0.137 e. The molecule has 5 rings (SSSR count). The molecule has 4 aromatic rings. The monoisotopic (exact) mass is 340 g/mol. The Hall–Kier alpha value is -3.14. The quantitative estimate of drug-likeness (QED) is 0.531. The van der Waals surface area contributed by atoms with Crippen LogP contribution in [0.2, 0.25) is 0 Å². The number of benzene rings is 1. The van der Waals surface area contributed by atoms with Crippen molar-refractivity contribution in [3.63, 3.8) is 0 Å². The molecule has 1 atom stereocenters. The van der Waals surface area contributed by atoms with Gasteiger partial charge in [0.15, 0.2) is 0 Å². The number of allylic oxidation sites excluding steroid dienone is 2. The maximum atomic E-state index is 4.64. The van der Waals surface area contributed by atoms with E-state index in [0.717, 1.165) is 35.0 Å². The molecule has 1 aliphatic rings. The highest BCUT2D eigenvalue weighted by atomic mass is 15.1. The van der Waals surface area contributed by atoms with E-state index in [1.165, 1.54) is 23.1 Å². The van der Waals surface area contributed by atoms with Crippen molar-refractivity contribution < 1.29 is 0 Å². The SMILES string of the molecule is C1=C(c2cnc3[nH]cc(-c4cn[nH]c4)c3c2)CCC(c2ccccc2)C1. The van der Waals surface area contributed by atoms with Gasteiger partial charge >= 0.3 is 0 Å². The zero-order valence-electron chi connectivity index (χ0n) is 14.4. The fourth-order valence-electron chi connectivity index (χ4n) is 3.94. The van der Waals surface area contributed by atoms with Gasteiger partial charge in [0, 0.05) is 35.1 Å². The van der Waals surface area contributed by atoms with Crippen LogP contribution in [0.15, 0.2) is 67.3 Å². The molecule has 3 aromatic heterocycles. The van der Waals surface area contributed by atoms with E-state index in [-0.39, 0.29) is 0 Å². The summed E-state index contributed by atoms with van der Waals surface area (Å²) in [4.78, 5) is 7.90. The molecule has 1 unspecified atom stereocenters. The number of hydrogen-bond donors (Lipinski definition) is 2. The van der Waals surface area contributed by atoms with Crippen LogP contribution in [0.4, 0.5) is 0 Å². The molecule has 0 fully saturated rings. The topological polar surface area (TPSA) is 57.4 Å². The van der Waals surface area contributed by atoms with Gasteiger partial charge in [0.2, 0.25) is 0 Å². The number of pyridine rings is 1. The fourth-order valence-corrected chi connectivity index (χ4v) is 3.94. The minimum absolute atomic E-state index is 0.630. The van der Waals surface area contributed by atoms with Crippen LogP contribution in [0.5, 0.6) is 0 Å². The number of rotatable bonds is 3. The van der Waals surface area contributed by atoms with Crippen molar-refractivity contribution in [1.82, 2.24) is 20.2 Å². The predicted molar refractivity (Wildman–Crippen MR) is 105 cm³/mol. The van der Waals surface area contributed by atoms with Gasteiger partial charge in [0.05, 0.1) is 6.20 Å². The molecule has 2 N–H and O–H groups in total. The first kappa shape index (κ1) is 15.1. The first-order valence-corrected chi connectivity index (χ1v) is 9.09. The largest absolute Gasteiger partial charge is 0.346 e. The molecule has 3 heterocycles. The summed E-state index contributed by atoms with van der Waals surface area (Å²) in [6, 6.07) is 13.1. The Labute approximate surface area is 152 Å². The Morgan fingerprint density at radius 2 is 1.92 bits per heavy atom. The van der Waals surface area contributed by atoms with Crippen molar-refractivity contribution in [3.05, 3.63) is 78.4 Å². The maximum absolute atomic E-state index is 4.64. The van der Waals surface area contributed by atoms with Crippen LogP contribution in [-0.4, -0.2) is 20.2 Å². The molecule has 0 saturated heterocycles. The van der Waals surface area contributed by atoms with E-state index in [1.54, 1.807) is 0 Å². The van der Waals surface area contributed by atoms with Gasteiger partial charge in [0.1, 0.15) is 5.65 Å². The summed E-state index contributed by atoms with van der Waals surface area (Å²) in [6.45, 7) is 0. The third-order valence-electron chi connectivity index (χ3n) is 5.39. The average molecular weight is 340 g/mol. The highest BCUT2D eigenvalue weighted by Crippen LogP contribution is 2.37. The van der Waals surface area contributed by atoms with Crippen molar-refractivity contribution in [2.24, 2.45) is 0 Å². The number of aromatic nitrogens is 4. The highest BCUT2D eigenvalue weighted by Gasteiger charge is 2.18. The van der Waals surface area contributed by atoms with Gasteiger partial charge in [0.25, 0.3) is 0 Å². The molecule has 0 spiro atoms. The lowest BCUT2D eigenvalue weighted by molar-refractivity contribution is 0.625. The molecule has 0 bridgehead atoms. The second kappa shape index (κ2) is 6.30. The zero-order valence-corrected chi connectivity index (χ0v) is 14.4. The van der Waals surface area contributed by atoms with Crippen molar-refractivity contribution in [1.29, 1.82) is 0 Å². The molecule has 4 heteroatoms. The Kier molecular flexibility index (Phi) is 3.67. The Balaban J connectivity index is 1.46. The fraction of sp³-hybridized carbons (Fsp3) is 0.182. The third-order valence-corrected chi connectivity index (χ3v) is 5.39. The van der Waals surface area contributed by atoms with Crippen LogP contribution in [0, 0.1) is 0 Å². The number of H-pyrrole nitrogens is 2. The van der Waals surface area contributed by atoms with E-state index in [4.69, 9.17) is 0 Å². The highest BCUT2D eigenvalue weighted by molar-refractivity contribution is 5.94. The normalized spacial score (nSPS) is 17.4. The molecule has 1 aliphatic carbocycles. The van der Waals surface area contributed by atoms with E-state index in [2.05, 4.69) is 62.6 Å². The van der Waals surface area contributed by atoms with Crippen LogP contribution in [-0.2, 0) is 0 Å². The summed E-state index contributed by atoms with van der Waals surface area (Å²) in [7, 11) is 0. The number of aromatic amines is 2. The lowest BCUT2D eigenvalue weighted by atomic mass is 9.83. The molecule has 0 saturated carbocycles. The summed E-state index contributed by atoms with van der Waals surface area (Å²) in [5, 5.41) is 8.10. The predicted octanol–water partition coefficient (Wildman–Crippen LogP) is 5.30. The lowest BCUT2D eigenvalue weighted by Crippen LogP contribution is -2.04. The van der Waals surface area contributed by atoms with Gasteiger partial charge in [-0.15, -0.1) is 0 Å². The Morgan fingerprint density at radius 1 is 1.00 bits per heavy atom. The van der Waals surface area contributed by atoms with Gasteiger partial charge in [-0.3, -0.25) is 5.10 Å². The number of nitrogens with one attached hydrogen (secondary N) is 2. The van der Waals surface area contributed by atoms with E-state index >= 15 is 0 Å². The molecule has 0 radical (unpaired) electrons. The van der Waals surface area contributed by atoms with Crippen molar-refractivity contribution in [2.45, 2.75) is 25.2 Å². The van der Waals surface area contributed by atoms with Crippen LogP contribution >= 0.6 is 0 Å². The van der Waals surface area contributed by atoms with E-state index in [1.807, 2.05) is 24.8 Å². The van der Waals surface area contributed by atoms with E-state index in [0.29, 0.717) is 5.92 Å². The summed E-state index contributed by atoms with van der Waals surface area (Å²) in [5.74, 6) is 0.630. The average Bonchev–Trinajstić information content (AvgIpc) is 3.38. The van der Waals surface area contributed by atoms with E-state index < -0.39 is 0 Å². The minimum atomic E-state index is 0.630. The molecular weight excluding hydrogens is 320 g/mol. The molecule has 128 valence electrons. The summed E-state index contributed by atoms with van der Waals surface area (Å²) < 4.78 is 0. The van der Waals surface area contributed by atoms with Crippen molar-refractivity contribution in [2.75, 3.05) is 0 Å². The van der Waals surface area contributed by atoms with Crippen molar-refractivity contribution >= 4 is 16.6 Å². The van der Waals surface area contributed by atoms with E-state index in [9.17, 15) is 0 Å². The van der Waals surface area contributed by atoms with Gasteiger partial charge in [-0.1, -0.05) is 36.4 Å². The van der Waals surface area contributed by atoms with Gasteiger partial charge in [-0.2, -0.15) is 5.10 Å². The number of fused-ring (bicyclic) bond motifs is 1. The Bertz CT molecular complexity index is 1060. The third kappa shape index (κ3) is 2.64. The summed E-state index contributed by atoms with van der Waals surface area (Å²) in [5.41, 5.74) is 7.23. The van der Waals surface area contributed by atoms with Crippen molar-refractivity contribution in [3.8, 4) is 11.1 Å². The van der Waals surface area contributed by atoms with Gasteiger partial charge in [-0.05, 0) is 47.9 Å². The molecule has 0 amide bonds. The van der Waals surface area contributed by atoms with Crippen LogP contribution in [0.3, 0.4) is 0 Å². The zero-order chi connectivity index (χ0) is 17.3. The summed E-state index contributed by atoms with van der Waals surface area (Å²) in [6.07, 6.45) is 13.5.